The Labute approximate surface area is 98.3 Å². The summed E-state index contributed by atoms with van der Waals surface area (Å²) in [5, 5.41) is 13.0. The van der Waals surface area contributed by atoms with E-state index in [-0.39, 0.29) is 18.2 Å². The fourth-order valence-electron chi connectivity index (χ4n) is 2.45. The molecule has 96 valence electrons. The van der Waals surface area contributed by atoms with Crippen LogP contribution in [0.15, 0.2) is 0 Å². The highest BCUT2D eigenvalue weighted by atomic mass is 16.5. The molecule has 1 aliphatic rings. The molecule has 4 heteroatoms. The number of hydrogen-bond donors (Lipinski definition) is 2. The van der Waals surface area contributed by atoms with E-state index in [1.165, 1.54) is 0 Å². The second kappa shape index (κ2) is 6.55. The Hall–Kier alpha value is -0.160. The lowest BCUT2D eigenvalue weighted by Gasteiger charge is -2.31. The van der Waals surface area contributed by atoms with E-state index in [1.807, 2.05) is 0 Å². The summed E-state index contributed by atoms with van der Waals surface area (Å²) in [6.45, 7) is 5.69. The Morgan fingerprint density at radius 3 is 2.75 bits per heavy atom. The number of methoxy groups -OCH3 is 1. The van der Waals surface area contributed by atoms with Crippen molar-refractivity contribution in [2.45, 2.75) is 50.8 Å². The average molecular weight is 231 g/mol. The summed E-state index contributed by atoms with van der Waals surface area (Å²) in [5.74, 6) is 0. The maximum absolute atomic E-state index is 9.51. The second-order valence-corrected chi connectivity index (χ2v) is 4.97. The van der Waals surface area contributed by atoms with Crippen LogP contribution in [0.4, 0.5) is 0 Å². The molecule has 2 atom stereocenters. The first-order chi connectivity index (χ1) is 7.62. The Morgan fingerprint density at radius 2 is 2.19 bits per heavy atom. The van der Waals surface area contributed by atoms with Crippen molar-refractivity contribution in [1.82, 2.24) is 5.32 Å². The summed E-state index contributed by atoms with van der Waals surface area (Å²) in [4.78, 5) is 0. The lowest BCUT2D eigenvalue weighted by atomic mass is 9.97. The van der Waals surface area contributed by atoms with Crippen LogP contribution >= 0.6 is 0 Å². The molecule has 0 radical (unpaired) electrons. The van der Waals surface area contributed by atoms with Crippen molar-refractivity contribution < 1.29 is 14.6 Å². The van der Waals surface area contributed by atoms with Crippen LogP contribution in [0.1, 0.15) is 33.1 Å². The van der Waals surface area contributed by atoms with Crippen molar-refractivity contribution in [3.05, 3.63) is 0 Å². The van der Waals surface area contributed by atoms with Gasteiger partial charge in [-0.1, -0.05) is 13.8 Å². The van der Waals surface area contributed by atoms with Crippen LogP contribution in [0.25, 0.3) is 0 Å². The van der Waals surface area contributed by atoms with E-state index in [9.17, 15) is 5.11 Å². The third-order valence-corrected chi connectivity index (χ3v) is 3.10. The highest BCUT2D eigenvalue weighted by Gasteiger charge is 2.39. The van der Waals surface area contributed by atoms with Crippen molar-refractivity contribution in [2.75, 3.05) is 26.9 Å². The van der Waals surface area contributed by atoms with Crippen LogP contribution in [0.5, 0.6) is 0 Å². The number of nitrogens with one attached hydrogen (secondary N) is 1. The molecule has 0 spiro atoms. The van der Waals surface area contributed by atoms with Crippen molar-refractivity contribution in [2.24, 2.45) is 0 Å². The van der Waals surface area contributed by atoms with E-state index >= 15 is 0 Å². The highest BCUT2D eigenvalue weighted by Crippen LogP contribution is 2.32. The van der Waals surface area contributed by atoms with Gasteiger partial charge in [-0.2, -0.15) is 0 Å². The predicted octanol–water partition coefficient (Wildman–Crippen LogP) is 0.931. The third kappa shape index (κ3) is 4.01. The van der Waals surface area contributed by atoms with Gasteiger partial charge in [0, 0.05) is 18.7 Å². The van der Waals surface area contributed by atoms with E-state index in [1.54, 1.807) is 7.11 Å². The molecule has 0 bridgehead atoms. The monoisotopic (exact) mass is 231 g/mol. The number of aliphatic hydroxyl groups is 1. The van der Waals surface area contributed by atoms with E-state index in [0.29, 0.717) is 19.3 Å². The second-order valence-electron chi connectivity index (χ2n) is 4.97. The first-order valence-corrected chi connectivity index (χ1v) is 6.11. The third-order valence-electron chi connectivity index (χ3n) is 3.10. The van der Waals surface area contributed by atoms with Crippen molar-refractivity contribution >= 4 is 0 Å². The van der Waals surface area contributed by atoms with Gasteiger partial charge in [0.15, 0.2) is 0 Å². The molecule has 1 fully saturated rings. The summed E-state index contributed by atoms with van der Waals surface area (Å²) in [5.41, 5.74) is -0.133. The molecule has 0 aromatic carbocycles. The lowest BCUT2D eigenvalue weighted by Crippen LogP contribution is -2.50. The van der Waals surface area contributed by atoms with Gasteiger partial charge in [0.05, 0.1) is 25.9 Å². The zero-order valence-electron chi connectivity index (χ0n) is 10.7. The van der Waals surface area contributed by atoms with Gasteiger partial charge in [0.25, 0.3) is 0 Å². The van der Waals surface area contributed by atoms with Gasteiger partial charge < -0.3 is 19.9 Å². The number of ether oxygens (including phenoxy) is 2. The smallest absolute Gasteiger partial charge is 0.0704 e. The molecule has 16 heavy (non-hydrogen) atoms. The van der Waals surface area contributed by atoms with Gasteiger partial charge in [-0.05, 0) is 19.3 Å². The molecular weight excluding hydrogens is 206 g/mol. The van der Waals surface area contributed by atoms with Crippen LogP contribution in [-0.4, -0.2) is 49.7 Å². The normalized spacial score (nSPS) is 30.2. The molecule has 1 aliphatic carbocycles. The largest absolute Gasteiger partial charge is 0.394 e. The molecule has 2 unspecified atom stereocenters. The van der Waals surface area contributed by atoms with E-state index < -0.39 is 0 Å². The van der Waals surface area contributed by atoms with E-state index in [4.69, 9.17) is 9.47 Å². The lowest BCUT2D eigenvalue weighted by molar-refractivity contribution is 0.0139. The Balaban J connectivity index is 2.35. The van der Waals surface area contributed by atoms with E-state index in [2.05, 4.69) is 19.2 Å². The Bertz CT molecular complexity index is 199. The van der Waals surface area contributed by atoms with Crippen LogP contribution < -0.4 is 5.32 Å². The number of aliphatic hydroxyl groups excluding tert-OH is 1. The molecule has 0 saturated heterocycles. The van der Waals surface area contributed by atoms with Crippen LogP contribution in [0.3, 0.4) is 0 Å². The summed E-state index contributed by atoms with van der Waals surface area (Å²) in [6.07, 6.45) is 3.16. The number of rotatable bonds is 7. The molecule has 4 nitrogen and oxygen atoms in total. The summed E-state index contributed by atoms with van der Waals surface area (Å²) < 4.78 is 10.7. The minimum Gasteiger partial charge on any atom is -0.394 e. The predicted molar refractivity (Wildman–Crippen MR) is 63.6 cm³/mol. The van der Waals surface area contributed by atoms with Gasteiger partial charge in [-0.3, -0.25) is 0 Å². The number of hydrogen-bond acceptors (Lipinski definition) is 4. The van der Waals surface area contributed by atoms with Gasteiger partial charge in [-0.25, -0.2) is 0 Å². The van der Waals surface area contributed by atoms with Gasteiger partial charge in [-0.15, -0.1) is 0 Å². The van der Waals surface area contributed by atoms with Gasteiger partial charge >= 0.3 is 0 Å². The minimum atomic E-state index is -0.133. The van der Waals surface area contributed by atoms with Crippen LogP contribution in [0.2, 0.25) is 0 Å². The average Bonchev–Trinajstić information content (AvgIpc) is 2.62. The summed E-state index contributed by atoms with van der Waals surface area (Å²) >= 11 is 0. The molecule has 2 N–H and O–H groups in total. The molecule has 0 aromatic heterocycles. The molecule has 1 rings (SSSR count). The molecule has 0 heterocycles. The Kier molecular flexibility index (Phi) is 5.69. The fraction of sp³-hybridized carbons (Fsp3) is 1.00. The van der Waals surface area contributed by atoms with Crippen LogP contribution in [-0.2, 0) is 9.47 Å². The Morgan fingerprint density at radius 1 is 1.44 bits per heavy atom. The fourth-order valence-corrected chi connectivity index (χ4v) is 2.45. The summed E-state index contributed by atoms with van der Waals surface area (Å²) in [7, 11) is 1.68. The topological polar surface area (TPSA) is 50.7 Å². The first kappa shape index (κ1) is 13.9. The molecule has 0 aromatic rings. The van der Waals surface area contributed by atoms with Gasteiger partial charge in [0.2, 0.25) is 0 Å². The minimum absolute atomic E-state index is 0.133. The van der Waals surface area contributed by atoms with Crippen molar-refractivity contribution in [1.29, 1.82) is 0 Å². The van der Waals surface area contributed by atoms with Crippen LogP contribution in [0, 0.1) is 0 Å². The first-order valence-electron chi connectivity index (χ1n) is 6.11. The molecule has 0 amide bonds. The standard InChI is InChI=1S/C12H25NO3/c1-10(2)13-12(9-14)5-4-11(8-12)16-7-6-15-3/h10-11,13-14H,4-9H2,1-3H3. The molecular formula is C12H25NO3. The van der Waals surface area contributed by atoms with E-state index in [0.717, 1.165) is 19.3 Å². The molecule has 1 saturated carbocycles. The van der Waals surface area contributed by atoms with Gasteiger partial charge in [0.1, 0.15) is 0 Å². The zero-order chi connectivity index (χ0) is 12.0. The quantitative estimate of drug-likeness (QED) is 0.640. The SMILES string of the molecule is COCCOC1CCC(CO)(NC(C)C)C1. The van der Waals surface area contributed by atoms with Crippen molar-refractivity contribution in [3.8, 4) is 0 Å². The highest BCUT2D eigenvalue weighted by molar-refractivity contribution is 4.97. The maximum atomic E-state index is 9.51. The van der Waals surface area contributed by atoms with Crippen molar-refractivity contribution in [3.63, 3.8) is 0 Å². The summed E-state index contributed by atoms with van der Waals surface area (Å²) in [6, 6.07) is 0.393. The maximum Gasteiger partial charge on any atom is 0.0704 e. The molecule has 0 aliphatic heterocycles. The zero-order valence-corrected chi connectivity index (χ0v) is 10.7.